The third-order valence-electron chi connectivity index (χ3n) is 3.80. The molecule has 0 atom stereocenters. The van der Waals surface area contributed by atoms with Crippen LogP contribution in [0.2, 0.25) is 0 Å². The molecule has 0 saturated heterocycles. The molecule has 0 amide bonds. The van der Waals surface area contributed by atoms with Gasteiger partial charge in [-0.25, -0.2) is 0 Å². The normalized spacial score (nSPS) is 10.2. The zero-order valence-corrected chi connectivity index (χ0v) is 13.4. The molecule has 0 spiro atoms. The van der Waals surface area contributed by atoms with E-state index in [4.69, 9.17) is 10.00 Å². The Kier molecular flexibility index (Phi) is 4.44. The molecule has 118 valence electrons. The summed E-state index contributed by atoms with van der Waals surface area (Å²) in [4.78, 5) is 4.41. The molecule has 0 aliphatic carbocycles. The van der Waals surface area contributed by atoms with Crippen LogP contribution in [0.4, 0.5) is 5.69 Å². The summed E-state index contributed by atoms with van der Waals surface area (Å²) >= 11 is 0. The first-order valence-corrected chi connectivity index (χ1v) is 7.57. The van der Waals surface area contributed by atoms with Gasteiger partial charge < -0.3 is 10.1 Å². The van der Waals surface area contributed by atoms with E-state index in [1.807, 2.05) is 30.3 Å². The van der Waals surface area contributed by atoms with Crippen LogP contribution in [0.3, 0.4) is 0 Å². The SMILES string of the molecule is C=C(C#N)CNc1c(OC)ccc2ccc(-c3ccccn3)cc12. The fraction of sp³-hybridized carbons (Fsp3) is 0.100. The number of benzene rings is 2. The smallest absolute Gasteiger partial charge is 0.142 e. The van der Waals surface area contributed by atoms with Crippen molar-refractivity contribution >= 4 is 16.5 Å². The molecule has 4 nitrogen and oxygen atoms in total. The van der Waals surface area contributed by atoms with Gasteiger partial charge in [-0.05, 0) is 29.7 Å². The Balaban J connectivity index is 2.12. The molecule has 0 aliphatic rings. The molecule has 4 heteroatoms. The minimum Gasteiger partial charge on any atom is -0.495 e. The van der Waals surface area contributed by atoms with Gasteiger partial charge in [0.05, 0.1) is 24.6 Å². The Bertz CT molecular complexity index is 927. The van der Waals surface area contributed by atoms with Gasteiger partial charge in [-0.2, -0.15) is 5.26 Å². The maximum atomic E-state index is 8.92. The minimum atomic E-state index is 0.375. The topological polar surface area (TPSA) is 57.9 Å². The fourth-order valence-electron chi connectivity index (χ4n) is 2.58. The number of ether oxygens (including phenoxy) is 1. The van der Waals surface area contributed by atoms with Crippen LogP contribution in [0.25, 0.3) is 22.0 Å². The number of anilines is 1. The summed E-state index contributed by atoms with van der Waals surface area (Å²) in [5.74, 6) is 0.728. The van der Waals surface area contributed by atoms with Crippen molar-refractivity contribution in [2.24, 2.45) is 0 Å². The minimum absolute atomic E-state index is 0.375. The van der Waals surface area contributed by atoms with E-state index in [0.717, 1.165) is 33.5 Å². The van der Waals surface area contributed by atoms with Crippen molar-refractivity contribution in [1.29, 1.82) is 5.26 Å². The van der Waals surface area contributed by atoms with Crippen LogP contribution < -0.4 is 10.1 Å². The second-order valence-electron chi connectivity index (χ2n) is 5.36. The van der Waals surface area contributed by atoms with Gasteiger partial charge in [0.2, 0.25) is 0 Å². The zero-order valence-electron chi connectivity index (χ0n) is 13.4. The van der Waals surface area contributed by atoms with Crippen molar-refractivity contribution in [2.75, 3.05) is 19.0 Å². The molecule has 1 N–H and O–H groups in total. The lowest BCUT2D eigenvalue weighted by Crippen LogP contribution is -2.05. The summed E-state index contributed by atoms with van der Waals surface area (Å²) in [6.07, 6.45) is 1.78. The molecule has 3 rings (SSSR count). The highest BCUT2D eigenvalue weighted by Gasteiger charge is 2.10. The summed E-state index contributed by atoms with van der Waals surface area (Å²) in [6, 6.07) is 18.0. The first-order valence-electron chi connectivity index (χ1n) is 7.57. The Morgan fingerprint density at radius 1 is 1.25 bits per heavy atom. The van der Waals surface area contributed by atoms with E-state index in [9.17, 15) is 0 Å². The fourth-order valence-corrected chi connectivity index (χ4v) is 2.58. The number of methoxy groups -OCH3 is 1. The number of hydrogen-bond donors (Lipinski definition) is 1. The predicted molar refractivity (Wildman–Crippen MR) is 97.0 cm³/mol. The Morgan fingerprint density at radius 2 is 2.08 bits per heavy atom. The first kappa shape index (κ1) is 15.6. The summed E-state index contributed by atoms with van der Waals surface area (Å²) in [6.45, 7) is 4.09. The molecule has 0 radical (unpaired) electrons. The number of aromatic nitrogens is 1. The molecule has 0 aliphatic heterocycles. The van der Waals surface area contributed by atoms with Crippen LogP contribution in [0.15, 0.2) is 66.9 Å². The Hall–Kier alpha value is -3.32. The third-order valence-corrected chi connectivity index (χ3v) is 3.80. The summed E-state index contributed by atoms with van der Waals surface area (Å²) in [7, 11) is 1.63. The molecule has 0 fully saturated rings. The van der Waals surface area contributed by atoms with E-state index < -0.39 is 0 Å². The number of hydrogen-bond acceptors (Lipinski definition) is 4. The van der Waals surface area contributed by atoms with Gasteiger partial charge >= 0.3 is 0 Å². The predicted octanol–water partition coefficient (Wildman–Crippen LogP) is 4.40. The van der Waals surface area contributed by atoms with Crippen molar-refractivity contribution < 1.29 is 4.74 Å². The van der Waals surface area contributed by atoms with Gasteiger partial charge in [0.1, 0.15) is 5.75 Å². The molecule has 2 aromatic carbocycles. The number of pyridine rings is 1. The van der Waals surface area contributed by atoms with Crippen LogP contribution in [0, 0.1) is 11.3 Å². The van der Waals surface area contributed by atoms with Crippen LogP contribution in [-0.2, 0) is 0 Å². The van der Waals surface area contributed by atoms with Gasteiger partial charge in [-0.3, -0.25) is 4.98 Å². The van der Waals surface area contributed by atoms with Gasteiger partial charge in [-0.15, -0.1) is 0 Å². The largest absolute Gasteiger partial charge is 0.495 e. The van der Waals surface area contributed by atoms with Crippen molar-refractivity contribution in [1.82, 2.24) is 4.98 Å². The van der Waals surface area contributed by atoms with E-state index in [1.165, 1.54) is 0 Å². The number of nitriles is 1. The third kappa shape index (κ3) is 3.06. The van der Waals surface area contributed by atoms with E-state index in [2.05, 4.69) is 41.1 Å². The average Bonchev–Trinajstić information content (AvgIpc) is 2.65. The van der Waals surface area contributed by atoms with Crippen molar-refractivity contribution in [3.05, 3.63) is 66.9 Å². The van der Waals surface area contributed by atoms with E-state index in [-0.39, 0.29) is 0 Å². The van der Waals surface area contributed by atoms with Gasteiger partial charge in [-0.1, -0.05) is 30.8 Å². The molecule has 3 aromatic rings. The Labute approximate surface area is 141 Å². The zero-order chi connectivity index (χ0) is 16.9. The monoisotopic (exact) mass is 315 g/mol. The van der Waals surface area contributed by atoms with Crippen LogP contribution in [-0.4, -0.2) is 18.6 Å². The lowest BCUT2D eigenvalue weighted by atomic mass is 10.0. The number of fused-ring (bicyclic) bond motifs is 1. The second-order valence-corrected chi connectivity index (χ2v) is 5.36. The molecule has 1 aromatic heterocycles. The van der Waals surface area contributed by atoms with Crippen LogP contribution in [0.5, 0.6) is 5.75 Å². The standard InChI is InChI=1S/C20H17N3O/c1-14(12-21)13-23-20-17-11-16(18-5-3-4-10-22-18)7-6-15(17)8-9-19(20)24-2/h3-11,23H,1,13H2,2H3. The number of nitrogens with zero attached hydrogens (tertiary/aromatic N) is 2. The summed E-state index contributed by atoms with van der Waals surface area (Å²) in [5, 5.41) is 14.3. The quantitative estimate of drug-likeness (QED) is 0.709. The lowest BCUT2D eigenvalue weighted by Gasteiger charge is -2.14. The molecular weight excluding hydrogens is 298 g/mol. The molecule has 24 heavy (non-hydrogen) atoms. The van der Waals surface area contributed by atoms with Crippen molar-refractivity contribution in [2.45, 2.75) is 0 Å². The number of rotatable bonds is 5. The van der Waals surface area contributed by atoms with Crippen molar-refractivity contribution in [3.8, 4) is 23.1 Å². The molecule has 1 heterocycles. The maximum Gasteiger partial charge on any atom is 0.142 e. The highest BCUT2D eigenvalue weighted by Crippen LogP contribution is 2.35. The van der Waals surface area contributed by atoms with Crippen LogP contribution >= 0.6 is 0 Å². The molecular formula is C20H17N3O. The average molecular weight is 315 g/mol. The molecule has 0 saturated carbocycles. The van der Waals surface area contributed by atoms with Crippen molar-refractivity contribution in [3.63, 3.8) is 0 Å². The van der Waals surface area contributed by atoms with E-state index >= 15 is 0 Å². The molecule has 0 bridgehead atoms. The first-order chi connectivity index (χ1) is 11.7. The van der Waals surface area contributed by atoms with Gasteiger partial charge in [0.15, 0.2) is 0 Å². The van der Waals surface area contributed by atoms with Crippen LogP contribution in [0.1, 0.15) is 0 Å². The van der Waals surface area contributed by atoms with E-state index in [0.29, 0.717) is 12.1 Å². The van der Waals surface area contributed by atoms with E-state index in [1.54, 1.807) is 13.3 Å². The maximum absolute atomic E-state index is 8.92. The van der Waals surface area contributed by atoms with Gasteiger partial charge in [0, 0.05) is 29.3 Å². The summed E-state index contributed by atoms with van der Waals surface area (Å²) in [5.41, 5.74) is 3.26. The lowest BCUT2D eigenvalue weighted by molar-refractivity contribution is 0.417. The number of nitrogens with one attached hydrogen (secondary N) is 1. The second kappa shape index (κ2) is 6.84. The highest BCUT2D eigenvalue weighted by atomic mass is 16.5. The highest BCUT2D eigenvalue weighted by molar-refractivity contribution is 5.99. The molecule has 0 unspecified atom stereocenters. The Morgan fingerprint density at radius 3 is 2.79 bits per heavy atom. The van der Waals surface area contributed by atoms with Gasteiger partial charge in [0.25, 0.3) is 0 Å². The summed E-state index contributed by atoms with van der Waals surface area (Å²) < 4.78 is 5.47.